The van der Waals surface area contributed by atoms with Gasteiger partial charge in [0.1, 0.15) is 17.7 Å². The second-order valence-corrected chi connectivity index (χ2v) is 12.3. The molecular formula is C30H49N3O4. The monoisotopic (exact) mass is 515 g/mol. The van der Waals surface area contributed by atoms with E-state index in [0.717, 1.165) is 36.0 Å². The molecule has 7 heteroatoms. The van der Waals surface area contributed by atoms with E-state index in [1.165, 1.54) is 0 Å². The molecule has 5 unspecified atom stereocenters. The Labute approximate surface area is 224 Å². The third kappa shape index (κ3) is 8.75. The van der Waals surface area contributed by atoms with Crippen LogP contribution < -0.4 is 10.6 Å². The summed E-state index contributed by atoms with van der Waals surface area (Å²) < 4.78 is 5.49. The van der Waals surface area contributed by atoms with Crippen molar-refractivity contribution in [2.75, 3.05) is 0 Å². The van der Waals surface area contributed by atoms with Crippen molar-refractivity contribution in [3.8, 4) is 0 Å². The summed E-state index contributed by atoms with van der Waals surface area (Å²) in [4.78, 5) is 42.8. The van der Waals surface area contributed by atoms with E-state index in [9.17, 15) is 14.4 Å². The Hall–Kier alpha value is -2.57. The maximum absolute atomic E-state index is 14.3. The number of alkyl carbamates (subject to hydrolysis) is 1. The summed E-state index contributed by atoms with van der Waals surface area (Å²) in [5, 5.41) is 6.01. The topological polar surface area (TPSA) is 87.7 Å². The third-order valence-corrected chi connectivity index (χ3v) is 6.83. The van der Waals surface area contributed by atoms with Crippen LogP contribution in [0.25, 0.3) is 0 Å². The standard InChI is InChI=1S/C30H49N3O4/c1-11-13-22(7)31-27(34)26(25-19(4)14-12-15-20(25)5)33(24-17-21(24)6)28(35)23(16-18(2)3)32-29(36)37-30(8,9)10/h12,14-15,18,21-24,26H,11,13,16-17H2,1-10H3,(H,31,34)(H,32,36). The van der Waals surface area contributed by atoms with Crippen molar-refractivity contribution >= 4 is 17.9 Å². The number of hydrogen-bond acceptors (Lipinski definition) is 4. The van der Waals surface area contributed by atoms with Crippen LogP contribution in [-0.4, -0.2) is 46.5 Å². The van der Waals surface area contributed by atoms with E-state index in [0.29, 0.717) is 6.42 Å². The van der Waals surface area contributed by atoms with Crippen LogP contribution in [0.2, 0.25) is 0 Å². The van der Waals surface area contributed by atoms with Gasteiger partial charge >= 0.3 is 6.09 Å². The SMILES string of the molecule is CCCC(C)NC(=O)C(c1c(C)cccc1C)N(C(=O)C(CC(C)C)NC(=O)OC(C)(C)C)C1CC1C. The molecule has 1 aliphatic rings. The Morgan fingerprint density at radius 2 is 1.65 bits per heavy atom. The lowest BCUT2D eigenvalue weighted by Crippen LogP contribution is -2.55. The Kier molecular flexibility index (Phi) is 10.6. The number of rotatable bonds is 11. The molecule has 2 rings (SSSR count). The van der Waals surface area contributed by atoms with Crippen LogP contribution in [0.5, 0.6) is 0 Å². The van der Waals surface area contributed by atoms with E-state index >= 15 is 0 Å². The highest BCUT2D eigenvalue weighted by atomic mass is 16.6. The number of benzene rings is 1. The van der Waals surface area contributed by atoms with Gasteiger partial charge in [0, 0.05) is 12.1 Å². The highest BCUT2D eigenvalue weighted by Crippen LogP contribution is 2.42. The molecule has 1 aromatic carbocycles. The first-order valence-corrected chi connectivity index (χ1v) is 13.8. The summed E-state index contributed by atoms with van der Waals surface area (Å²) in [5.41, 5.74) is 2.11. The van der Waals surface area contributed by atoms with Crippen LogP contribution in [0.4, 0.5) is 4.79 Å². The molecule has 5 atom stereocenters. The number of nitrogens with zero attached hydrogens (tertiary/aromatic N) is 1. The first-order chi connectivity index (χ1) is 17.2. The molecule has 0 saturated heterocycles. The summed E-state index contributed by atoms with van der Waals surface area (Å²) in [7, 11) is 0. The van der Waals surface area contributed by atoms with Crippen molar-refractivity contribution in [3.63, 3.8) is 0 Å². The molecule has 7 nitrogen and oxygen atoms in total. The lowest BCUT2D eigenvalue weighted by Gasteiger charge is -2.37. The number of nitrogens with one attached hydrogen (secondary N) is 2. The summed E-state index contributed by atoms with van der Waals surface area (Å²) in [6, 6.07) is 4.29. The van der Waals surface area contributed by atoms with Crippen molar-refractivity contribution in [1.82, 2.24) is 15.5 Å². The van der Waals surface area contributed by atoms with Gasteiger partial charge in [0.05, 0.1) is 0 Å². The molecule has 0 aromatic heterocycles. The molecule has 1 aromatic rings. The van der Waals surface area contributed by atoms with Gasteiger partial charge in [-0.3, -0.25) is 9.59 Å². The average Bonchev–Trinajstić information content (AvgIpc) is 3.46. The van der Waals surface area contributed by atoms with Crippen molar-refractivity contribution in [2.24, 2.45) is 11.8 Å². The Bertz CT molecular complexity index is 932. The zero-order valence-corrected chi connectivity index (χ0v) is 24.6. The number of hydrogen-bond donors (Lipinski definition) is 2. The Morgan fingerprint density at radius 3 is 2.11 bits per heavy atom. The van der Waals surface area contributed by atoms with Gasteiger partial charge in [-0.15, -0.1) is 0 Å². The van der Waals surface area contributed by atoms with Gasteiger partial charge in [0.2, 0.25) is 11.8 Å². The van der Waals surface area contributed by atoms with Gasteiger partial charge < -0.3 is 20.3 Å². The van der Waals surface area contributed by atoms with E-state index < -0.39 is 23.8 Å². The van der Waals surface area contributed by atoms with Crippen molar-refractivity contribution in [1.29, 1.82) is 0 Å². The normalized spacial score (nSPS) is 19.5. The molecule has 0 radical (unpaired) electrons. The minimum absolute atomic E-state index is 0.00995. The van der Waals surface area contributed by atoms with E-state index in [-0.39, 0.29) is 35.7 Å². The molecule has 37 heavy (non-hydrogen) atoms. The van der Waals surface area contributed by atoms with Crippen LogP contribution in [0.3, 0.4) is 0 Å². The van der Waals surface area contributed by atoms with Gasteiger partial charge in [0.15, 0.2) is 0 Å². The van der Waals surface area contributed by atoms with E-state index in [2.05, 4.69) is 24.5 Å². The fourth-order valence-corrected chi connectivity index (χ4v) is 4.98. The zero-order valence-electron chi connectivity index (χ0n) is 24.6. The second-order valence-electron chi connectivity index (χ2n) is 12.3. The maximum Gasteiger partial charge on any atom is 0.408 e. The molecule has 0 spiro atoms. The molecule has 208 valence electrons. The third-order valence-electron chi connectivity index (χ3n) is 6.83. The van der Waals surface area contributed by atoms with E-state index in [1.807, 2.05) is 52.8 Å². The zero-order chi connectivity index (χ0) is 28.1. The molecule has 3 amide bonds. The number of carbonyl (C=O) groups is 3. The summed E-state index contributed by atoms with van der Waals surface area (Å²) in [5.74, 6) is 0.0171. The van der Waals surface area contributed by atoms with Gasteiger partial charge in [-0.05, 0) is 89.3 Å². The Balaban J connectivity index is 2.56. The van der Waals surface area contributed by atoms with E-state index in [1.54, 1.807) is 25.7 Å². The van der Waals surface area contributed by atoms with Crippen LogP contribution in [0, 0.1) is 25.7 Å². The first-order valence-electron chi connectivity index (χ1n) is 13.8. The van der Waals surface area contributed by atoms with Crippen molar-refractivity contribution < 1.29 is 19.1 Å². The minimum Gasteiger partial charge on any atom is -0.444 e. The molecule has 2 N–H and O–H groups in total. The number of ether oxygens (including phenoxy) is 1. The number of amides is 3. The highest BCUT2D eigenvalue weighted by molar-refractivity contribution is 5.93. The van der Waals surface area contributed by atoms with Gasteiger partial charge in [-0.2, -0.15) is 0 Å². The van der Waals surface area contributed by atoms with Crippen LogP contribution in [0.15, 0.2) is 18.2 Å². The lowest BCUT2D eigenvalue weighted by molar-refractivity contribution is -0.144. The highest BCUT2D eigenvalue weighted by Gasteiger charge is 2.49. The molecule has 0 aliphatic heterocycles. The average molecular weight is 516 g/mol. The van der Waals surface area contributed by atoms with Gasteiger partial charge in [-0.1, -0.05) is 52.3 Å². The molecule has 1 fully saturated rings. The van der Waals surface area contributed by atoms with E-state index in [4.69, 9.17) is 4.74 Å². The molecule has 0 heterocycles. The van der Waals surface area contributed by atoms with Crippen LogP contribution in [0.1, 0.15) is 104 Å². The fraction of sp³-hybridized carbons (Fsp3) is 0.700. The quantitative estimate of drug-likeness (QED) is 0.388. The largest absolute Gasteiger partial charge is 0.444 e. The predicted molar refractivity (Wildman–Crippen MR) is 148 cm³/mol. The van der Waals surface area contributed by atoms with Crippen LogP contribution in [-0.2, 0) is 14.3 Å². The Morgan fingerprint density at radius 1 is 1.08 bits per heavy atom. The lowest BCUT2D eigenvalue weighted by atomic mass is 9.92. The van der Waals surface area contributed by atoms with Crippen LogP contribution >= 0.6 is 0 Å². The summed E-state index contributed by atoms with van der Waals surface area (Å²) in [6.07, 6.45) is 2.46. The fourth-order valence-electron chi connectivity index (χ4n) is 4.98. The molecule has 0 bridgehead atoms. The number of aryl methyl sites for hydroxylation is 2. The first kappa shape index (κ1) is 30.7. The molecule has 1 saturated carbocycles. The second kappa shape index (κ2) is 12.8. The summed E-state index contributed by atoms with van der Waals surface area (Å²) in [6.45, 7) is 19.6. The summed E-state index contributed by atoms with van der Waals surface area (Å²) >= 11 is 0. The van der Waals surface area contributed by atoms with Gasteiger partial charge in [-0.25, -0.2) is 4.79 Å². The maximum atomic E-state index is 14.3. The van der Waals surface area contributed by atoms with Crippen molar-refractivity contribution in [3.05, 3.63) is 34.9 Å². The molecule has 1 aliphatic carbocycles. The van der Waals surface area contributed by atoms with Gasteiger partial charge in [0.25, 0.3) is 0 Å². The van der Waals surface area contributed by atoms with Crippen molar-refractivity contribution in [2.45, 2.75) is 125 Å². The minimum atomic E-state index is -0.796. The predicted octanol–water partition coefficient (Wildman–Crippen LogP) is 5.83. The number of carbonyl (C=O) groups excluding carboxylic acids is 3. The smallest absolute Gasteiger partial charge is 0.408 e. The molecular weight excluding hydrogens is 466 g/mol.